The zero-order valence-electron chi connectivity index (χ0n) is 16.2. The number of thiol groups is 1. The van der Waals surface area contributed by atoms with Crippen molar-refractivity contribution < 1.29 is 34.2 Å². The zero-order valence-corrected chi connectivity index (χ0v) is 17.9. The standard InChI is InChI=1S/C16H28N4O7S2/c1-8(13(23)20-11(7-28)16(26)27)18-15(25)10(3-4-12(21)22)19-14(24)9(17)5-6-29-2/h8-11,28H,3-7,17H2,1-2H3,(H,18,25)(H,19,24)(H,20,23)(H,21,22)(H,26,27). The topological polar surface area (TPSA) is 188 Å². The maximum absolute atomic E-state index is 12.5. The Bertz CT molecular complexity index is 606. The largest absolute Gasteiger partial charge is 0.481 e. The maximum atomic E-state index is 12.5. The predicted octanol–water partition coefficient (Wildman–Crippen LogP) is -1.58. The van der Waals surface area contributed by atoms with E-state index in [1.54, 1.807) is 0 Å². The van der Waals surface area contributed by atoms with Crippen molar-refractivity contribution in [2.45, 2.75) is 50.4 Å². The lowest BCUT2D eigenvalue weighted by atomic mass is 10.1. The summed E-state index contributed by atoms with van der Waals surface area (Å²) in [5.41, 5.74) is 5.76. The number of carboxylic acids is 2. The highest BCUT2D eigenvalue weighted by atomic mass is 32.2. The van der Waals surface area contributed by atoms with Gasteiger partial charge in [0, 0.05) is 12.2 Å². The number of hydrogen-bond acceptors (Lipinski definition) is 8. The highest BCUT2D eigenvalue weighted by Gasteiger charge is 2.28. The first-order chi connectivity index (χ1) is 13.5. The molecule has 0 rings (SSSR count). The molecule has 0 spiro atoms. The van der Waals surface area contributed by atoms with Gasteiger partial charge in [0.2, 0.25) is 17.7 Å². The van der Waals surface area contributed by atoms with Gasteiger partial charge in [-0.1, -0.05) is 0 Å². The third-order valence-corrected chi connectivity index (χ3v) is 4.81. The van der Waals surface area contributed by atoms with E-state index < -0.39 is 53.8 Å². The van der Waals surface area contributed by atoms with Crippen LogP contribution in [-0.4, -0.2) is 81.8 Å². The van der Waals surface area contributed by atoms with Crippen LogP contribution >= 0.6 is 24.4 Å². The van der Waals surface area contributed by atoms with Crippen molar-refractivity contribution in [2.75, 3.05) is 17.8 Å². The summed E-state index contributed by atoms with van der Waals surface area (Å²) in [5, 5.41) is 24.8. The van der Waals surface area contributed by atoms with E-state index in [1.807, 2.05) is 6.26 Å². The molecule has 13 heteroatoms. The average molecular weight is 453 g/mol. The van der Waals surface area contributed by atoms with Gasteiger partial charge in [-0.25, -0.2) is 4.79 Å². The molecule has 0 aromatic rings. The molecule has 0 radical (unpaired) electrons. The monoisotopic (exact) mass is 452 g/mol. The number of nitrogens with one attached hydrogen (secondary N) is 3. The molecule has 29 heavy (non-hydrogen) atoms. The van der Waals surface area contributed by atoms with Gasteiger partial charge in [0.15, 0.2) is 0 Å². The van der Waals surface area contributed by atoms with E-state index in [0.717, 1.165) is 0 Å². The van der Waals surface area contributed by atoms with Crippen molar-refractivity contribution in [3.8, 4) is 0 Å². The number of hydrogen-bond donors (Lipinski definition) is 7. The van der Waals surface area contributed by atoms with E-state index in [4.69, 9.17) is 15.9 Å². The van der Waals surface area contributed by atoms with E-state index in [-0.39, 0.29) is 18.6 Å². The van der Waals surface area contributed by atoms with E-state index >= 15 is 0 Å². The molecule has 0 aromatic heterocycles. The smallest absolute Gasteiger partial charge is 0.327 e. The summed E-state index contributed by atoms with van der Waals surface area (Å²) in [7, 11) is 0. The molecular weight excluding hydrogens is 424 g/mol. The SMILES string of the molecule is CSCCC(N)C(=O)NC(CCC(=O)O)C(=O)NC(C)C(=O)NC(CS)C(=O)O. The molecule has 166 valence electrons. The number of carbonyl (C=O) groups excluding carboxylic acids is 3. The zero-order chi connectivity index (χ0) is 22.6. The summed E-state index contributed by atoms with van der Waals surface area (Å²) >= 11 is 5.33. The molecule has 0 saturated carbocycles. The van der Waals surface area contributed by atoms with Crippen LogP contribution in [0.25, 0.3) is 0 Å². The van der Waals surface area contributed by atoms with Crippen LogP contribution in [0.5, 0.6) is 0 Å². The van der Waals surface area contributed by atoms with Crippen molar-refractivity contribution >= 4 is 54.1 Å². The molecule has 0 saturated heterocycles. The van der Waals surface area contributed by atoms with Crippen molar-refractivity contribution in [1.82, 2.24) is 16.0 Å². The van der Waals surface area contributed by atoms with E-state index in [0.29, 0.717) is 12.2 Å². The quantitative estimate of drug-likeness (QED) is 0.153. The molecule has 4 atom stereocenters. The third-order valence-electron chi connectivity index (χ3n) is 3.80. The summed E-state index contributed by atoms with van der Waals surface area (Å²) < 4.78 is 0. The van der Waals surface area contributed by atoms with Gasteiger partial charge >= 0.3 is 11.9 Å². The normalized spacial score (nSPS) is 14.8. The Morgan fingerprint density at radius 2 is 1.55 bits per heavy atom. The molecule has 3 amide bonds. The van der Waals surface area contributed by atoms with Crippen molar-refractivity contribution in [3.05, 3.63) is 0 Å². The lowest BCUT2D eigenvalue weighted by molar-refractivity contribution is -0.141. The van der Waals surface area contributed by atoms with Crippen LogP contribution < -0.4 is 21.7 Å². The average Bonchev–Trinajstić information content (AvgIpc) is 2.65. The van der Waals surface area contributed by atoms with Crippen LogP contribution in [0, 0.1) is 0 Å². The Labute approximate surface area is 178 Å². The first-order valence-corrected chi connectivity index (χ1v) is 10.8. The van der Waals surface area contributed by atoms with Gasteiger partial charge in [-0.3, -0.25) is 19.2 Å². The summed E-state index contributed by atoms with van der Waals surface area (Å²) in [6, 6.07) is -4.44. The van der Waals surface area contributed by atoms with Crippen LogP contribution in [0.2, 0.25) is 0 Å². The fourth-order valence-corrected chi connectivity index (χ4v) is 2.79. The Kier molecular flexibility index (Phi) is 13.1. The van der Waals surface area contributed by atoms with Crippen LogP contribution in [0.3, 0.4) is 0 Å². The van der Waals surface area contributed by atoms with Gasteiger partial charge in [0.25, 0.3) is 0 Å². The van der Waals surface area contributed by atoms with Gasteiger partial charge in [0.05, 0.1) is 6.04 Å². The van der Waals surface area contributed by atoms with Crippen LogP contribution in [0.15, 0.2) is 0 Å². The highest BCUT2D eigenvalue weighted by molar-refractivity contribution is 7.98. The molecule has 0 aliphatic rings. The number of rotatable bonds is 14. The van der Waals surface area contributed by atoms with Gasteiger partial charge in [-0.05, 0) is 31.8 Å². The molecular formula is C16H28N4O7S2. The van der Waals surface area contributed by atoms with E-state index in [9.17, 15) is 24.0 Å². The molecule has 0 aliphatic heterocycles. The maximum Gasteiger partial charge on any atom is 0.327 e. The number of aliphatic carboxylic acids is 2. The molecule has 7 N–H and O–H groups in total. The van der Waals surface area contributed by atoms with Gasteiger partial charge in [-0.15, -0.1) is 0 Å². The molecule has 4 unspecified atom stereocenters. The highest BCUT2D eigenvalue weighted by Crippen LogP contribution is 2.03. The summed E-state index contributed by atoms with van der Waals surface area (Å²) in [6.07, 6.45) is 1.63. The van der Waals surface area contributed by atoms with Crippen molar-refractivity contribution in [1.29, 1.82) is 0 Å². The second kappa shape index (κ2) is 14.1. The third kappa shape index (κ3) is 10.9. The van der Waals surface area contributed by atoms with Gasteiger partial charge in [-0.2, -0.15) is 24.4 Å². The molecule has 0 fully saturated rings. The second-order valence-corrected chi connectivity index (χ2v) is 7.54. The fourth-order valence-electron chi connectivity index (χ4n) is 2.05. The minimum Gasteiger partial charge on any atom is -0.481 e. The second-order valence-electron chi connectivity index (χ2n) is 6.19. The first kappa shape index (κ1) is 27.0. The van der Waals surface area contributed by atoms with Crippen LogP contribution in [0.1, 0.15) is 26.2 Å². The molecule has 0 aliphatic carbocycles. The van der Waals surface area contributed by atoms with Crippen molar-refractivity contribution in [2.24, 2.45) is 5.73 Å². The molecule has 0 aromatic carbocycles. The molecule has 0 heterocycles. The predicted molar refractivity (Wildman–Crippen MR) is 111 cm³/mol. The summed E-state index contributed by atoms with van der Waals surface area (Å²) in [6.45, 7) is 1.32. The Hall–Kier alpha value is -1.99. The minimum absolute atomic E-state index is 0.146. The first-order valence-electron chi connectivity index (χ1n) is 8.74. The number of carboxylic acid groups (broad SMARTS) is 2. The number of carbonyl (C=O) groups is 5. The number of nitrogens with two attached hydrogens (primary N) is 1. The Balaban J connectivity index is 5.01. The fraction of sp³-hybridized carbons (Fsp3) is 0.688. The lowest BCUT2D eigenvalue weighted by Gasteiger charge is -2.23. The van der Waals surface area contributed by atoms with Crippen LogP contribution in [0.4, 0.5) is 0 Å². The van der Waals surface area contributed by atoms with E-state index in [2.05, 4.69) is 28.6 Å². The van der Waals surface area contributed by atoms with Gasteiger partial charge in [0.1, 0.15) is 18.1 Å². The number of amides is 3. The molecule has 0 bridgehead atoms. The summed E-state index contributed by atoms with van der Waals surface area (Å²) in [4.78, 5) is 58.5. The summed E-state index contributed by atoms with van der Waals surface area (Å²) in [5.74, 6) is -4.11. The Morgan fingerprint density at radius 1 is 0.966 bits per heavy atom. The van der Waals surface area contributed by atoms with E-state index in [1.165, 1.54) is 18.7 Å². The van der Waals surface area contributed by atoms with Crippen molar-refractivity contribution in [3.63, 3.8) is 0 Å². The van der Waals surface area contributed by atoms with Crippen LogP contribution in [-0.2, 0) is 24.0 Å². The Morgan fingerprint density at radius 3 is 2.03 bits per heavy atom. The molecule has 11 nitrogen and oxygen atoms in total. The minimum atomic E-state index is -1.28. The lowest BCUT2D eigenvalue weighted by Crippen LogP contribution is -2.56. The number of thioether (sulfide) groups is 1. The van der Waals surface area contributed by atoms with Gasteiger partial charge < -0.3 is 31.9 Å².